The van der Waals surface area contributed by atoms with Crippen LogP contribution in [0.3, 0.4) is 0 Å². The average Bonchev–Trinajstić information content (AvgIpc) is 3.35. The number of nitrogens with zero attached hydrogens (tertiary/aromatic N) is 1. The molecular weight excluding hydrogens is 440 g/mol. The third-order valence-electron chi connectivity index (χ3n) is 5.58. The summed E-state index contributed by atoms with van der Waals surface area (Å²) in [6.45, 7) is 13.3. The van der Waals surface area contributed by atoms with Crippen LogP contribution in [0.4, 0.5) is 4.39 Å². The largest absolute Gasteiger partial charge is 0.297 e. The minimum Gasteiger partial charge on any atom is -0.297 e. The lowest BCUT2D eigenvalue weighted by Gasteiger charge is -2.09. The fraction of sp³-hybridized carbons (Fsp3) is 0.333. The van der Waals surface area contributed by atoms with Crippen LogP contribution in [0.5, 0.6) is 0 Å². The van der Waals surface area contributed by atoms with Crippen molar-refractivity contribution in [3.05, 3.63) is 94.8 Å². The summed E-state index contributed by atoms with van der Waals surface area (Å²) in [7, 11) is 4.46. The van der Waals surface area contributed by atoms with Crippen molar-refractivity contribution in [2.45, 2.75) is 60.3 Å². The second kappa shape index (κ2) is 15.3. The minimum atomic E-state index is -0.326. The molecule has 2 aromatic rings. The first-order valence-corrected chi connectivity index (χ1v) is 12.4. The second-order valence-electron chi connectivity index (χ2n) is 8.09. The number of carbonyl (C=O) groups excluding carboxylic acids is 1. The maximum Gasteiger partial charge on any atom is 0.159 e. The number of benzene rings is 2. The molecule has 1 atom stereocenters. The van der Waals surface area contributed by atoms with Gasteiger partial charge in [-0.2, -0.15) is 0 Å². The zero-order valence-electron chi connectivity index (χ0n) is 21.5. The van der Waals surface area contributed by atoms with Crippen LogP contribution in [0, 0.1) is 12.7 Å². The lowest BCUT2D eigenvalue weighted by Crippen LogP contribution is -2.05. The molecule has 3 rings (SSSR count). The number of hydrogen-bond donors (Lipinski definition) is 0. The lowest BCUT2D eigenvalue weighted by molar-refractivity contribution is 0.101. The van der Waals surface area contributed by atoms with Crippen LogP contribution in [0.25, 0.3) is 5.57 Å². The van der Waals surface area contributed by atoms with Gasteiger partial charge in [0.2, 0.25) is 0 Å². The predicted octanol–water partition coefficient (Wildman–Crippen LogP) is 7.86. The van der Waals surface area contributed by atoms with E-state index in [0.717, 1.165) is 30.5 Å². The highest BCUT2D eigenvalue weighted by atomic mass is 31.0. The first kappa shape index (κ1) is 29.4. The Labute approximate surface area is 208 Å². The van der Waals surface area contributed by atoms with E-state index in [-0.39, 0.29) is 11.6 Å². The third kappa shape index (κ3) is 9.31. The van der Waals surface area contributed by atoms with Crippen molar-refractivity contribution in [1.29, 1.82) is 0 Å². The molecule has 0 spiro atoms. The van der Waals surface area contributed by atoms with E-state index in [1.165, 1.54) is 35.0 Å². The molecule has 1 unspecified atom stereocenters. The number of hydrogen-bond acceptors (Lipinski definition) is 2. The molecule has 0 saturated heterocycles. The molecule has 1 aliphatic carbocycles. The quantitative estimate of drug-likeness (QED) is 0.226. The van der Waals surface area contributed by atoms with Crippen molar-refractivity contribution < 1.29 is 9.18 Å². The van der Waals surface area contributed by atoms with Crippen molar-refractivity contribution in [1.82, 2.24) is 0 Å². The normalized spacial score (nSPS) is 12.2. The van der Waals surface area contributed by atoms with E-state index in [0.29, 0.717) is 17.5 Å². The number of aliphatic imine (C=N–C) groups is 1. The Bertz CT molecular complexity index is 1060. The van der Waals surface area contributed by atoms with Crippen molar-refractivity contribution in [3.63, 3.8) is 0 Å². The molecule has 2 nitrogen and oxygen atoms in total. The van der Waals surface area contributed by atoms with Crippen molar-refractivity contribution in [2.75, 3.05) is 7.05 Å². The molecule has 0 saturated carbocycles. The summed E-state index contributed by atoms with van der Waals surface area (Å²) in [4.78, 5) is 15.2. The third-order valence-corrected chi connectivity index (χ3v) is 6.08. The molecule has 0 bridgehead atoms. The summed E-state index contributed by atoms with van der Waals surface area (Å²) >= 11 is 0. The van der Waals surface area contributed by atoms with Gasteiger partial charge in [0.25, 0.3) is 0 Å². The Morgan fingerprint density at radius 3 is 2.38 bits per heavy atom. The Morgan fingerprint density at radius 2 is 1.85 bits per heavy atom. The lowest BCUT2D eigenvalue weighted by atomic mass is 9.98. The van der Waals surface area contributed by atoms with Crippen LogP contribution in [0.15, 0.2) is 71.8 Å². The van der Waals surface area contributed by atoms with E-state index in [1.54, 1.807) is 13.1 Å². The Kier molecular flexibility index (Phi) is 13.2. The summed E-state index contributed by atoms with van der Waals surface area (Å²) in [5.74, 6) is -0.442. The molecule has 0 aromatic heterocycles. The van der Waals surface area contributed by atoms with Crippen molar-refractivity contribution in [2.24, 2.45) is 4.99 Å². The number of aryl methyl sites for hydroxylation is 1. The van der Waals surface area contributed by atoms with Gasteiger partial charge in [-0.15, -0.1) is 9.24 Å². The highest BCUT2D eigenvalue weighted by Crippen LogP contribution is 2.23. The van der Waals surface area contributed by atoms with Gasteiger partial charge in [0.1, 0.15) is 5.82 Å². The number of carbonyl (C=O) groups is 1. The topological polar surface area (TPSA) is 29.4 Å². The Balaban J connectivity index is 0.000000317. The molecule has 4 heteroatoms. The molecular formula is C30H39FNOP. The maximum absolute atomic E-state index is 13.8. The van der Waals surface area contributed by atoms with Crippen LogP contribution >= 0.6 is 9.24 Å². The van der Waals surface area contributed by atoms with Gasteiger partial charge < -0.3 is 0 Å². The van der Waals surface area contributed by atoms with E-state index in [1.807, 2.05) is 27.7 Å². The van der Waals surface area contributed by atoms with Crippen LogP contribution < -0.4 is 5.30 Å². The molecule has 2 aromatic carbocycles. The fourth-order valence-electron chi connectivity index (χ4n) is 3.48. The SMILES string of the molecule is C=C(CCC1=CC=CC1)c1ccccc1P.CC.CN=C(C)Cc1c(C)cc(C(C)=O)cc1F. The number of halogens is 1. The Morgan fingerprint density at radius 1 is 1.18 bits per heavy atom. The van der Waals surface area contributed by atoms with Crippen LogP contribution in [0.1, 0.15) is 74.0 Å². The molecule has 0 fully saturated rings. The maximum atomic E-state index is 13.8. The first-order valence-electron chi connectivity index (χ1n) is 11.8. The van der Waals surface area contributed by atoms with E-state index in [9.17, 15) is 9.18 Å². The van der Waals surface area contributed by atoms with E-state index >= 15 is 0 Å². The monoisotopic (exact) mass is 479 g/mol. The fourth-order valence-corrected chi connectivity index (χ4v) is 3.89. The van der Waals surface area contributed by atoms with Crippen LogP contribution in [0.2, 0.25) is 0 Å². The van der Waals surface area contributed by atoms with Crippen molar-refractivity contribution >= 4 is 31.6 Å². The minimum absolute atomic E-state index is 0.116. The molecule has 0 heterocycles. The molecule has 0 radical (unpaired) electrons. The molecule has 0 aliphatic heterocycles. The molecule has 0 N–H and O–H groups in total. The molecule has 34 heavy (non-hydrogen) atoms. The van der Waals surface area contributed by atoms with Gasteiger partial charge in [-0.25, -0.2) is 4.39 Å². The van der Waals surface area contributed by atoms with Crippen molar-refractivity contribution in [3.8, 4) is 0 Å². The summed E-state index contributed by atoms with van der Waals surface area (Å²) in [6, 6.07) is 11.4. The second-order valence-corrected chi connectivity index (χ2v) is 8.72. The van der Waals surface area contributed by atoms with E-state index in [4.69, 9.17) is 0 Å². The summed E-state index contributed by atoms with van der Waals surface area (Å²) in [5.41, 5.74) is 6.74. The standard InChI is InChI=1S/C15H17P.C13H16FNO.C2H6/c1-12(10-11-13-6-2-3-7-13)14-8-4-5-9-15(14)16;1-8-5-11(10(3)16)7-13(14)12(8)6-9(2)15-4;1-2/h2-6,8-9H,1,7,10-11,16H2;5,7H,6H2,1-4H3;1-2H3. The van der Waals surface area contributed by atoms with Gasteiger partial charge in [-0.3, -0.25) is 9.79 Å². The smallest absolute Gasteiger partial charge is 0.159 e. The summed E-state index contributed by atoms with van der Waals surface area (Å²) in [5, 5.41) is 1.24. The van der Waals surface area contributed by atoms with Gasteiger partial charge in [0.15, 0.2) is 5.78 Å². The predicted molar refractivity (Wildman–Crippen MR) is 151 cm³/mol. The molecule has 182 valence electrons. The van der Waals surface area contributed by atoms with E-state index < -0.39 is 0 Å². The van der Waals surface area contributed by atoms with Crippen LogP contribution in [-0.4, -0.2) is 18.5 Å². The summed E-state index contributed by atoms with van der Waals surface area (Å²) < 4.78 is 13.8. The van der Waals surface area contributed by atoms with E-state index in [2.05, 4.69) is 63.3 Å². The molecule has 0 amide bonds. The van der Waals surface area contributed by atoms with Gasteiger partial charge in [-0.05, 0) is 79.7 Å². The zero-order chi connectivity index (χ0) is 25.7. The number of allylic oxidation sites excluding steroid dienone is 5. The highest BCUT2D eigenvalue weighted by molar-refractivity contribution is 7.27. The number of Topliss-reactive ketones (excluding diaryl/α,β-unsaturated/α-hetero) is 1. The number of rotatable bonds is 7. The average molecular weight is 480 g/mol. The first-order chi connectivity index (χ1) is 16.2. The highest BCUT2D eigenvalue weighted by Gasteiger charge is 2.11. The number of ketones is 1. The Hall–Kier alpha value is -2.64. The van der Waals surface area contributed by atoms with Gasteiger partial charge in [0, 0.05) is 24.7 Å². The zero-order valence-corrected chi connectivity index (χ0v) is 22.7. The van der Waals surface area contributed by atoms with Gasteiger partial charge in [-0.1, -0.05) is 68.5 Å². The van der Waals surface area contributed by atoms with Gasteiger partial charge in [0.05, 0.1) is 0 Å². The van der Waals surface area contributed by atoms with Crippen LogP contribution in [-0.2, 0) is 6.42 Å². The summed E-state index contributed by atoms with van der Waals surface area (Å²) in [6.07, 6.45) is 10.4. The van der Waals surface area contributed by atoms with Gasteiger partial charge >= 0.3 is 0 Å². The molecule has 1 aliphatic rings.